The number of alkyl carbamates (subject to hydrolysis) is 1. The average molecular weight is 697 g/mol. The van der Waals surface area contributed by atoms with Gasteiger partial charge in [0.25, 0.3) is 0 Å². The Balaban J connectivity index is 1.58. The van der Waals surface area contributed by atoms with Crippen LogP contribution in [-0.2, 0) is 38.5 Å². The van der Waals surface area contributed by atoms with E-state index >= 15 is 0 Å². The largest absolute Gasteiger partial charge is 0.449 e. The van der Waals surface area contributed by atoms with Crippen molar-refractivity contribution in [1.29, 1.82) is 0 Å². The summed E-state index contributed by atoms with van der Waals surface area (Å²) in [4.78, 5) is 61.6. The Morgan fingerprint density at radius 1 is 0.745 bits per heavy atom. The van der Waals surface area contributed by atoms with Gasteiger partial charge in [-0.15, -0.1) is 0 Å². The quantitative estimate of drug-likeness (QED) is 0.0470. The number of ether oxygens (including phenoxy) is 1. The first-order valence-electron chi connectivity index (χ1n) is 17.1. The summed E-state index contributed by atoms with van der Waals surface area (Å²) < 4.78 is 5.28. The van der Waals surface area contributed by atoms with Crippen molar-refractivity contribution < 1.29 is 23.9 Å². The van der Waals surface area contributed by atoms with Gasteiger partial charge in [-0.05, 0) is 41.5 Å². The molecule has 0 unspecified atom stereocenters. The Labute approximate surface area is 298 Å². The number of para-hydroxylation sites is 1. The Morgan fingerprint density at radius 3 is 2.02 bits per heavy atom. The zero-order valence-electron chi connectivity index (χ0n) is 29.1. The number of H-pyrrole nitrogens is 1. The number of nitrogens with two attached hydrogens (primary N) is 2. The molecule has 0 bridgehead atoms. The van der Waals surface area contributed by atoms with Gasteiger partial charge in [0.05, 0.1) is 6.61 Å². The first kappa shape index (κ1) is 38.0. The molecule has 3 aromatic carbocycles. The number of fused-ring (bicyclic) bond motifs is 1. The smallest absolute Gasteiger partial charge is 0.407 e. The minimum Gasteiger partial charge on any atom is -0.449 e. The molecule has 0 radical (unpaired) electrons. The maximum atomic E-state index is 14.2. The van der Waals surface area contributed by atoms with Crippen LogP contribution in [0.15, 0.2) is 96.1 Å². The third-order valence-electron chi connectivity index (χ3n) is 8.06. The Morgan fingerprint density at radius 2 is 1.35 bits per heavy atom. The second-order valence-corrected chi connectivity index (χ2v) is 12.7. The number of nitrogens with one attached hydrogen (secondary N) is 5. The topological polar surface area (TPSA) is 206 Å². The van der Waals surface area contributed by atoms with E-state index in [9.17, 15) is 19.2 Å². The molecule has 4 amide bonds. The van der Waals surface area contributed by atoms with Gasteiger partial charge in [-0.2, -0.15) is 0 Å². The van der Waals surface area contributed by atoms with Crippen molar-refractivity contribution in [3.05, 3.63) is 108 Å². The normalized spacial score (nSPS) is 12.7. The van der Waals surface area contributed by atoms with Crippen molar-refractivity contribution in [3.63, 3.8) is 0 Å². The highest BCUT2D eigenvalue weighted by Crippen LogP contribution is 2.20. The van der Waals surface area contributed by atoms with Gasteiger partial charge in [0.15, 0.2) is 5.96 Å². The van der Waals surface area contributed by atoms with Gasteiger partial charge in [0.2, 0.25) is 17.7 Å². The Kier molecular flexibility index (Phi) is 14.4. The third-order valence-corrected chi connectivity index (χ3v) is 8.06. The van der Waals surface area contributed by atoms with Gasteiger partial charge in [-0.25, -0.2) is 4.79 Å². The molecule has 4 rings (SSSR count). The second-order valence-electron chi connectivity index (χ2n) is 12.7. The van der Waals surface area contributed by atoms with Crippen LogP contribution in [0.25, 0.3) is 10.9 Å². The van der Waals surface area contributed by atoms with Crippen LogP contribution in [0.3, 0.4) is 0 Å². The van der Waals surface area contributed by atoms with Crippen LogP contribution in [0, 0.1) is 5.92 Å². The van der Waals surface area contributed by atoms with E-state index in [2.05, 4.69) is 31.2 Å². The van der Waals surface area contributed by atoms with Crippen LogP contribution in [-0.4, -0.2) is 66.0 Å². The van der Waals surface area contributed by atoms with Crippen LogP contribution < -0.4 is 32.7 Å². The third kappa shape index (κ3) is 12.5. The fourth-order valence-corrected chi connectivity index (χ4v) is 5.44. The summed E-state index contributed by atoms with van der Waals surface area (Å²) in [6.07, 6.45) is 1.88. The summed E-state index contributed by atoms with van der Waals surface area (Å²) in [5, 5.41) is 12.2. The molecule has 13 heteroatoms. The summed E-state index contributed by atoms with van der Waals surface area (Å²) in [5.74, 6) is -1.54. The molecule has 1 aromatic heterocycles. The number of carbonyl (C=O) groups is 4. The Hall–Kier alpha value is -5.85. The second kappa shape index (κ2) is 19.4. The molecule has 0 spiro atoms. The van der Waals surface area contributed by atoms with Crippen molar-refractivity contribution in [2.45, 2.75) is 64.2 Å². The molecule has 270 valence electrons. The van der Waals surface area contributed by atoms with Gasteiger partial charge < -0.3 is 42.5 Å². The molecule has 0 aliphatic heterocycles. The number of nitrogens with zero attached hydrogens (tertiary/aromatic N) is 1. The molecule has 1 heterocycles. The minimum absolute atomic E-state index is 0.0860. The van der Waals surface area contributed by atoms with E-state index in [0.717, 1.165) is 27.6 Å². The molecular formula is C38H48N8O5. The number of carbonyl (C=O) groups excluding carboxylic acids is 4. The maximum Gasteiger partial charge on any atom is 0.407 e. The highest BCUT2D eigenvalue weighted by atomic mass is 16.5. The number of hydrogen-bond acceptors (Lipinski definition) is 6. The maximum absolute atomic E-state index is 14.2. The first-order chi connectivity index (χ1) is 24.6. The number of aliphatic imine (C=N–C) groups is 1. The molecule has 0 aliphatic rings. The molecule has 0 saturated carbocycles. The molecule has 9 N–H and O–H groups in total. The predicted molar refractivity (Wildman–Crippen MR) is 197 cm³/mol. The van der Waals surface area contributed by atoms with Crippen LogP contribution >= 0.6 is 0 Å². The SMILES string of the molecule is CC(C)COC(=O)N[C@@H](CCCN=C(N)N)C(=O)N[C@@H](Cc1c[nH]c2ccccc12)C(=O)N[C@@H](Cc1ccccc1)C(=O)NCc1ccccc1. The molecule has 13 nitrogen and oxygen atoms in total. The van der Waals surface area contributed by atoms with Crippen molar-refractivity contribution in [2.24, 2.45) is 22.4 Å². The molecule has 0 aliphatic carbocycles. The van der Waals surface area contributed by atoms with Crippen LogP contribution in [0.1, 0.15) is 43.4 Å². The van der Waals surface area contributed by atoms with Crippen molar-refractivity contribution in [2.75, 3.05) is 13.2 Å². The Bertz CT molecular complexity index is 1760. The highest BCUT2D eigenvalue weighted by molar-refractivity contribution is 5.95. The van der Waals surface area contributed by atoms with Crippen LogP contribution in [0.5, 0.6) is 0 Å². The summed E-state index contributed by atoms with van der Waals surface area (Å²) >= 11 is 0. The lowest BCUT2D eigenvalue weighted by Gasteiger charge is -2.25. The van der Waals surface area contributed by atoms with E-state index in [1.54, 1.807) is 6.20 Å². The van der Waals surface area contributed by atoms with Gasteiger partial charge >= 0.3 is 6.09 Å². The van der Waals surface area contributed by atoms with Gasteiger partial charge in [-0.3, -0.25) is 19.4 Å². The number of rotatable bonds is 18. The number of aromatic nitrogens is 1. The van der Waals surface area contributed by atoms with Gasteiger partial charge in [0.1, 0.15) is 18.1 Å². The molecule has 0 fully saturated rings. The summed E-state index contributed by atoms with van der Waals surface area (Å²) in [7, 11) is 0. The molecular weight excluding hydrogens is 648 g/mol. The molecule has 3 atom stereocenters. The summed E-state index contributed by atoms with van der Waals surface area (Å²) in [6.45, 7) is 4.46. The fraction of sp³-hybridized carbons (Fsp3) is 0.342. The average Bonchev–Trinajstić information content (AvgIpc) is 3.53. The van der Waals surface area contributed by atoms with E-state index in [1.807, 2.05) is 98.8 Å². The van der Waals surface area contributed by atoms with Crippen LogP contribution in [0.2, 0.25) is 0 Å². The zero-order chi connectivity index (χ0) is 36.6. The fourth-order valence-electron chi connectivity index (χ4n) is 5.44. The summed E-state index contributed by atoms with van der Waals surface area (Å²) in [6, 6.07) is 23.3. The van der Waals surface area contributed by atoms with Gasteiger partial charge in [-0.1, -0.05) is 92.7 Å². The number of amides is 4. The lowest BCUT2D eigenvalue weighted by atomic mass is 10.0. The highest BCUT2D eigenvalue weighted by Gasteiger charge is 2.31. The van der Waals surface area contributed by atoms with E-state index in [0.29, 0.717) is 6.42 Å². The monoisotopic (exact) mass is 696 g/mol. The number of aromatic amines is 1. The number of hydrogen-bond donors (Lipinski definition) is 7. The first-order valence-corrected chi connectivity index (χ1v) is 17.1. The van der Waals surface area contributed by atoms with E-state index in [-0.39, 0.29) is 56.7 Å². The lowest BCUT2D eigenvalue weighted by molar-refractivity contribution is -0.132. The van der Waals surface area contributed by atoms with E-state index in [4.69, 9.17) is 16.2 Å². The van der Waals surface area contributed by atoms with Crippen molar-refractivity contribution >= 4 is 40.7 Å². The summed E-state index contributed by atoms with van der Waals surface area (Å²) in [5.41, 5.74) is 14.3. The lowest BCUT2D eigenvalue weighted by Crippen LogP contribution is -2.57. The van der Waals surface area contributed by atoms with E-state index < -0.39 is 36.0 Å². The molecule has 51 heavy (non-hydrogen) atoms. The molecule has 0 saturated heterocycles. The number of benzene rings is 3. The van der Waals surface area contributed by atoms with E-state index in [1.165, 1.54) is 0 Å². The predicted octanol–water partition coefficient (Wildman–Crippen LogP) is 3.04. The van der Waals surface area contributed by atoms with Crippen molar-refractivity contribution in [1.82, 2.24) is 26.3 Å². The zero-order valence-corrected chi connectivity index (χ0v) is 29.1. The standard InChI is InChI=1S/C38H48N8O5/c1-25(2)24-51-38(50)46-31(18-11-19-41-37(39)40)35(48)45-33(21-28-23-42-30-17-10-9-16-29(28)30)36(49)44-32(20-26-12-5-3-6-13-26)34(47)43-22-27-14-7-4-8-15-27/h3-10,12-17,23,25,31-33,42H,11,18-22,24H2,1-2H3,(H,43,47)(H,44,49)(H,45,48)(H,46,50)(H4,39,40,41)/t31-,32-,33-/m0/s1. The van der Waals surface area contributed by atoms with Crippen molar-refractivity contribution in [3.8, 4) is 0 Å². The van der Waals surface area contributed by atoms with Crippen LogP contribution in [0.4, 0.5) is 4.79 Å². The number of guanidine groups is 1. The molecule has 4 aromatic rings. The minimum atomic E-state index is -1.12. The van der Waals surface area contributed by atoms with Gasteiger partial charge in [0, 0.05) is 43.0 Å².